The zero-order valence-corrected chi connectivity index (χ0v) is 17.2. The van der Waals surface area contributed by atoms with Crippen LogP contribution in [0.25, 0.3) is 10.9 Å². The molecule has 6 nitrogen and oxygen atoms in total. The predicted molar refractivity (Wildman–Crippen MR) is 111 cm³/mol. The first-order chi connectivity index (χ1) is 13.9. The number of aromatic nitrogens is 2. The van der Waals surface area contributed by atoms with Gasteiger partial charge in [-0.2, -0.15) is 0 Å². The Morgan fingerprint density at radius 2 is 2.24 bits per heavy atom. The Morgan fingerprint density at radius 3 is 3.00 bits per heavy atom. The first kappa shape index (κ1) is 18.8. The number of rotatable bonds is 4. The van der Waals surface area contributed by atoms with Crippen LogP contribution in [0.2, 0.25) is 5.02 Å². The molecule has 1 amide bonds. The minimum Gasteiger partial charge on any atom is -0.388 e. The second-order valence-electron chi connectivity index (χ2n) is 7.83. The van der Waals surface area contributed by atoms with Gasteiger partial charge in [-0.1, -0.05) is 22.9 Å². The molecule has 1 aliphatic carbocycles. The van der Waals surface area contributed by atoms with Gasteiger partial charge in [-0.15, -0.1) is 0 Å². The van der Waals surface area contributed by atoms with Gasteiger partial charge in [0, 0.05) is 29.8 Å². The molecule has 2 aromatic heterocycles. The van der Waals surface area contributed by atoms with Crippen molar-refractivity contribution in [2.75, 3.05) is 18.4 Å². The molecule has 2 aliphatic rings. The third kappa shape index (κ3) is 3.49. The number of hydrogen-bond acceptors (Lipinski definition) is 5. The number of nitrogens with one attached hydrogen (secondary N) is 2. The Morgan fingerprint density at radius 1 is 1.41 bits per heavy atom. The van der Waals surface area contributed by atoms with Crippen molar-refractivity contribution in [1.29, 1.82) is 0 Å². The standard InChI is InChI=1S/C20H20ClFN4O2S/c21-13-6-11(22)7-15-12(13)8-16(24-15)18(27)26-5-2-14-17(9-26)29-19(25-14)23-10-20(28)3-1-4-20/h6-8,24,28H,1-5,9-10H2,(H,23,25). The molecule has 3 heterocycles. The lowest BCUT2D eigenvalue weighted by Crippen LogP contribution is -2.43. The first-order valence-electron chi connectivity index (χ1n) is 9.62. The van der Waals surface area contributed by atoms with Crippen molar-refractivity contribution >= 4 is 44.9 Å². The Labute approximate surface area is 175 Å². The SMILES string of the molecule is O=C(c1cc2c(Cl)cc(F)cc2[nH]1)N1CCc2nc(NCC3(O)CCC3)sc2C1. The summed E-state index contributed by atoms with van der Waals surface area (Å²) in [6.45, 7) is 1.56. The van der Waals surface area contributed by atoms with E-state index in [2.05, 4.69) is 15.3 Å². The molecule has 0 atom stereocenters. The van der Waals surface area contributed by atoms with Crippen LogP contribution < -0.4 is 5.32 Å². The van der Waals surface area contributed by atoms with Crippen LogP contribution in [-0.4, -0.2) is 44.6 Å². The molecule has 1 aliphatic heterocycles. The quantitative estimate of drug-likeness (QED) is 0.581. The van der Waals surface area contributed by atoms with Crippen LogP contribution in [0.15, 0.2) is 18.2 Å². The van der Waals surface area contributed by atoms with E-state index in [0.717, 1.165) is 35.0 Å². The molecule has 1 aromatic carbocycles. The van der Waals surface area contributed by atoms with Crippen LogP contribution in [0.1, 0.15) is 40.3 Å². The molecule has 3 aromatic rings. The van der Waals surface area contributed by atoms with Gasteiger partial charge < -0.3 is 20.3 Å². The molecule has 0 bridgehead atoms. The number of thiazole rings is 1. The maximum atomic E-state index is 13.6. The molecule has 1 saturated carbocycles. The summed E-state index contributed by atoms with van der Waals surface area (Å²) >= 11 is 7.62. The number of halogens is 2. The maximum Gasteiger partial charge on any atom is 0.270 e. The highest BCUT2D eigenvalue weighted by molar-refractivity contribution is 7.15. The van der Waals surface area contributed by atoms with E-state index < -0.39 is 11.4 Å². The van der Waals surface area contributed by atoms with E-state index in [-0.39, 0.29) is 10.9 Å². The van der Waals surface area contributed by atoms with Crippen LogP contribution >= 0.6 is 22.9 Å². The van der Waals surface area contributed by atoms with Crippen LogP contribution in [0.5, 0.6) is 0 Å². The second-order valence-corrected chi connectivity index (χ2v) is 9.32. The summed E-state index contributed by atoms with van der Waals surface area (Å²) in [6, 6.07) is 4.25. The largest absolute Gasteiger partial charge is 0.388 e. The average molecular weight is 435 g/mol. The van der Waals surface area contributed by atoms with Gasteiger partial charge in [0.05, 0.1) is 28.4 Å². The molecule has 1 fully saturated rings. The molecule has 0 unspecified atom stereocenters. The summed E-state index contributed by atoms with van der Waals surface area (Å²) in [6.07, 6.45) is 3.39. The van der Waals surface area contributed by atoms with Crippen molar-refractivity contribution in [3.8, 4) is 0 Å². The highest BCUT2D eigenvalue weighted by Gasteiger charge is 2.34. The zero-order valence-electron chi connectivity index (χ0n) is 15.6. The molecule has 29 heavy (non-hydrogen) atoms. The van der Waals surface area contributed by atoms with Crippen LogP contribution in [-0.2, 0) is 13.0 Å². The zero-order chi connectivity index (χ0) is 20.2. The molecular weight excluding hydrogens is 415 g/mol. The summed E-state index contributed by atoms with van der Waals surface area (Å²) in [7, 11) is 0. The molecule has 9 heteroatoms. The van der Waals surface area contributed by atoms with Crippen molar-refractivity contribution < 1.29 is 14.3 Å². The molecule has 5 rings (SSSR count). The fraction of sp³-hybridized carbons (Fsp3) is 0.400. The predicted octanol–water partition coefficient (Wildman–Crippen LogP) is 3.94. The number of carbonyl (C=O) groups excluding carboxylic acids is 1. The fourth-order valence-electron chi connectivity index (χ4n) is 3.89. The van der Waals surface area contributed by atoms with Gasteiger partial charge in [0.2, 0.25) is 0 Å². The Bertz CT molecular complexity index is 1110. The Hall–Kier alpha value is -2.16. The lowest BCUT2D eigenvalue weighted by molar-refractivity contribution is -0.0202. The lowest BCUT2D eigenvalue weighted by atomic mass is 9.80. The minimum atomic E-state index is -0.607. The Balaban J connectivity index is 1.31. The third-order valence-electron chi connectivity index (χ3n) is 5.75. The lowest BCUT2D eigenvalue weighted by Gasteiger charge is -2.36. The molecule has 152 valence electrons. The van der Waals surface area contributed by atoms with Crippen LogP contribution in [0.4, 0.5) is 9.52 Å². The van der Waals surface area contributed by atoms with Gasteiger partial charge >= 0.3 is 0 Å². The third-order valence-corrected chi connectivity index (χ3v) is 7.11. The average Bonchev–Trinajstić information content (AvgIpc) is 3.27. The number of hydrogen-bond donors (Lipinski definition) is 3. The van der Waals surface area contributed by atoms with Crippen LogP contribution in [0.3, 0.4) is 0 Å². The number of aromatic amines is 1. The Kier molecular flexibility index (Phi) is 4.53. The monoisotopic (exact) mass is 434 g/mol. The van der Waals surface area contributed by atoms with Gasteiger partial charge in [-0.3, -0.25) is 4.79 Å². The minimum absolute atomic E-state index is 0.144. The van der Waals surface area contributed by atoms with Crippen LogP contribution in [0, 0.1) is 5.82 Å². The number of anilines is 1. The number of amides is 1. The summed E-state index contributed by atoms with van der Waals surface area (Å²) < 4.78 is 13.6. The van der Waals surface area contributed by atoms with E-state index in [1.807, 2.05) is 0 Å². The molecular formula is C20H20ClFN4O2S. The van der Waals surface area contributed by atoms with E-state index in [1.54, 1.807) is 11.0 Å². The van der Waals surface area contributed by atoms with E-state index in [0.29, 0.717) is 42.7 Å². The summed E-state index contributed by atoms with van der Waals surface area (Å²) in [5, 5.41) is 15.2. The first-order valence-corrected chi connectivity index (χ1v) is 10.8. The number of carbonyl (C=O) groups is 1. The highest BCUT2D eigenvalue weighted by atomic mass is 35.5. The molecule has 3 N–H and O–H groups in total. The topological polar surface area (TPSA) is 81.2 Å². The van der Waals surface area contributed by atoms with Crippen molar-refractivity contribution in [3.63, 3.8) is 0 Å². The summed E-state index contributed by atoms with van der Waals surface area (Å²) in [4.78, 5) is 23.4. The van der Waals surface area contributed by atoms with E-state index in [9.17, 15) is 14.3 Å². The summed E-state index contributed by atoms with van der Waals surface area (Å²) in [5.41, 5.74) is 1.30. The van der Waals surface area contributed by atoms with E-state index >= 15 is 0 Å². The van der Waals surface area contributed by atoms with Gasteiger partial charge in [0.25, 0.3) is 5.91 Å². The fourth-order valence-corrected chi connectivity index (χ4v) is 5.17. The van der Waals surface area contributed by atoms with Crippen molar-refractivity contribution in [2.45, 2.75) is 37.8 Å². The van der Waals surface area contributed by atoms with E-state index in [1.165, 1.54) is 23.5 Å². The van der Waals surface area contributed by atoms with Gasteiger partial charge in [0.15, 0.2) is 5.13 Å². The number of nitrogens with zero attached hydrogens (tertiary/aromatic N) is 2. The second kappa shape index (κ2) is 6.97. The van der Waals surface area contributed by atoms with Crippen molar-refractivity contribution in [3.05, 3.63) is 45.3 Å². The smallest absolute Gasteiger partial charge is 0.270 e. The number of aliphatic hydroxyl groups is 1. The normalized spacial score (nSPS) is 17.8. The van der Waals surface area contributed by atoms with Crippen molar-refractivity contribution in [2.24, 2.45) is 0 Å². The molecule has 0 saturated heterocycles. The highest BCUT2D eigenvalue weighted by Crippen LogP contribution is 2.34. The number of benzene rings is 1. The maximum absolute atomic E-state index is 13.6. The van der Waals surface area contributed by atoms with Gasteiger partial charge in [-0.05, 0) is 37.5 Å². The van der Waals surface area contributed by atoms with Gasteiger partial charge in [0.1, 0.15) is 11.5 Å². The van der Waals surface area contributed by atoms with Gasteiger partial charge in [-0.25, -0.2) is 9.37 Å². The van der Waals surface area contributed by atoms with E-state index in [4.69, 9.17) is 11.6 Å². The summed E-state index contributed by atoms with van der Waals surface area (Å²) in [5.74, 6) is -0.586. The number of fused-ring (bicyclic) bond motifs is 2. The molecule has 0 spiro atoms. The number of H-pyrrole nitrogens is 1. The molecule has 0 radical (unpaired) electrons. The van der Waals surface area contributed by atoms with Crippen molar-refractivity contribution in [1.82, 2.24) is 14.9 Å².